The van der Waals surface area contributed by atoms with E-state index in [-0.39, 0.29) is 16.6 Å². The highest BCUT2D eigenvalue weighted by Gasteiger charge is 2.17. The molecule has 3 rings (SSSR count). The molecule has 1 amide bonds. The number of nitrogens with zero attached hydrogens (tertiary/aromatic N) is 3. The van der Waals surface area contributed by atoms with Crippen LogP contribution in [0.2, 0.25) is 0 Å². The highest BCUT2D eigenvalue weighted by molar-refractivity contribution is 7.99. The van der Waals surface area contributed by atoms with E-state index in [2.05, 4.69) is 20.2 Å². The van der Waals surface area contributed by atoms with Crippen LogP contribution < -0.4 is 14.8 Å². The molecule has 0 atom stereocenters. The second-order valence-corrected chi connectivity index (χ2v) is 9.42. The van der Waals surface area contributed by atoms with E-state index in [4.69, 9.17) is 4.74 Å². The maximum Gasteiger partial charge on any atom is 0.240 e. The first-order chi connectivity index (χ1) is 14.7. The minimum atomic E-state index is -3.61. The van der Waals surface area contributed by atoms with E-state index in [9.17, 15) is 13.2 Å². The van der Waals surface area contributed by atoms with Crippen molar-refractivity contribution in [2.45, 2.75) is 17.0 Å². The number of amides is 1. The number of carbonyl (C=O) groups is 1. The summed E-state index contributed by atoms with van der Waals surface area (Å²) in [5.74, 6) is 1.23. The summed E-state index contributed by atoms with van der Waals surface area (Å²) in [5.41, 5.74) is 1.87. The average Bonchev–Trinajstić information content (AvgIpc) is 3.13. The second kappa shape index (κ2) is 9.50. The summed E-state index contributed by atoms with van der Waals surface area (Å²) >= 11 is 1.24. The Hall–Kier alpha value is -2.89. The van der Waals surface area contributed by atoms with Crippen molar-refractivity contribution in [1.29, 1.82) is 0 Å². The van der Waals surface area contributed by atoms with Crippen molar-refractivity contribution in [3.05, 3.63) is 48.0 Å². The number of benzene rings is 2. The Morgan fingerprint density at radius 3 is 2.52 bits per heavy atom. The van der Waals surface area contributed by atoms with E-state index in [0.29, 0.717) is 22.2 Å². The molecule has 2 aromatic carbocycles. The van der Waals surface area contributed by atoms with Gasteiger partial charge in [-0.15, -0.1) is 10.2 Å². The van der Waals surface area contributed by atoms with Gasteiger partial charge in [-0.25, -0.2) is 13.1 Å². The summed E-state index contributed by atoms with van der Waals surface area (Å²) < 4.78 is 33.5. The zero-order valence-electron chi connectivity index (χ0n) is 17.5. The summed E-state index contributed by atoms with van der Waals surface area (Å²) in [6.45, 7) is 1.69. The van der Waals surface area contributed by atoms with E-state index in [0.717, 1.165) is 11.3 Å². The highest BCUT2D eigenvalue weighted by Crippen LogP contribution is 2.25. The first kappa shape index (κ1) is 22.8. The number of anilines is 1. The molecule has 1 aromatic heterocycles. The zero-order chi connectivity index (χ0) is 22.6. The number of methoxy groups -OCH3 is 1. The van der Waals surface area contributed by atoms with Gasteiger partial charge in [0.2, 0.25) is 15.9 Å². The van der Waals surface area contributed by atoms with Crippen molar-refractivity contribution in [3.8, 4) is 17.1 Å². The topological polar surface area (TPSA) is 115 Å². The number of aromatic nitrogens is 3. The Kier molecular flexibility index (Phi) is 6.98. The quantitative estimate of drug-likeness (QED) is 0.495. The summed E-state index contributed by atoms with van der Waals surface area (Å²) in [5, 5.41) is 11.7. The van der Waals surface area contributed by atoms with E-state index in [1.807, 2.05) is 35.9 Å². The lowest BCUT2D eigenvalue weighted by Crippen LogP contribution is -2.20. The molecular weight excluding hydrogens is 438 g/mol. The van der Waals surface area contributed by atoms with Crippen molar-refractivity contribution >= 4 is 33.4 Å². The minimum absolute atomic E-state index is 0.0938. The number of hydrogen-bond donors (Lipinski definition) is 2. The predicted octanol–water partition coefficient (Wildman–Crippen LogP) is 2.44. The largest absolute Gasteiger partial charge is 0.497 e. The summed E-state index contributed by atoms with van der Waals surface area (Å²) in [7, 11) is 1.17. The van der Waals surface area contributed by atoms with Crippen LogP contribution in [0, 0.1) is 6.92 Å². The first-order valence-corrected chi connectivity index (χ1v) is 11.7. The maximum atomic E-state index is 12.4. The molecule has 0 radical (unpaired) electrons. The van der Waals surface area contributed by atoms with Crippen molar-refractivity contribution in [1.82, 2.24) is 19.5 Å². The Labute approximate surface area is 185 Å². The third kappa shape index (κ3) is 5.24. The standard InChI is InChI=1S/C20H23N5O4S2/c1-13-5-8-15(11-17(13)31(27,28)21-2)22-18(26)12-30-20-24-23-19(25(20)3)14-6-9-16(29-4)10-7-14/h5-11,21H,12H2,1-4H3,(H,22,26). The molecule has 0 bridgehead atoms. The molecule has 0 aliphatic carbocycles. The number of thioether (sulfide) groups is 1. The van der Waals surface area contributed by atoms with Gasteiger partial charge in [0.05, 0.1) is 17.8 Å². The van der Waals surface area contributed by atoms with Crippen molar-refractivity contribution in [2.75, 3.05) is 25.2 Å². The maximum absolute atomic E-state index is 12.4. The lowest BCUT2D eigenvalue weighted by molar-refractivity contribution is -0.113. The molecule has 0 aliphatic heterocycles. The van der Waals surface area contributed by atoms with Gasteiger partial charge in [-0.3, -0.25) is 4.79 Å². The van der Waals surface area contributed by atoms with Gasteiger partial charge in [-0.2, -0.15) is 0 Å². The molecule has 0 aliphatic rings. The second-order valence-electron chi connectivity index (χ2n) is 6.62. The van der Waals surface area contributed by atoms with Crippen molar-refractivity contribution in [2.24, 2.45) is 7.05 Å². The molecular formula is C20H23N5O4S2. The summed E-state index contributed by atoms with van der Waals surface area (Å²) in [6.07, 6.45) is 0. The fourth-order valence-electron chi connectivity index (χ4n) is 2.84. The average molecular weight is 462 g/mol. The third-order valence-electron chi connectivity index (χ3n) is 4.55. The molecule has 31 heavy (non-hydrogen) atoms. The van der Waals surface area contributed by atoms with E-state index >= 15 is 0 Å². The SMILES string of the molecule is CNS(=O)(=O)c1cc(NC(=O)CSc2nnc(-c3ccc(OC)cc3)n2C)ccc1C. The number of ether oxygens (including phenoxy) is 1. The number of nitrogens with one attached hydrogen (secondary N) is 2. The van der Waals surface area contributed by atoms with Crippen LogP contribution in [0.5, 0.6) is 5.75 Å². The number of carbonyl (C=O) groups excluding carboxylic acids is 1. The van der Waals surface area contributed by atoms with Crippen LogP contribution in [0.1, 0.15) is 5.56 Å². The molecule has 0 unspecified atom stereocenters. The molecule has 3 aromatic rings. The fraction of sp³-hybridized carbons (Fsp3) is 0.250. The van der Waals surface area contributed by atoms with Crippen molar-refractivity contribution in [3.63, 3.8) is 0 Å². The zero-order valence-corrected chi connectivity index (χ0v) is 19.2. The number of hydrogen-bond acceptors (Lipinski definition) is 7. The Morgan fingerprint density at radius 2 is 1.87 bits per heavy atom. The molecule has 0 fully saturated rings. The van der Waals surface area contributed by atoms with Crippen LogP contribution in [0.25, 0.3) is 11.4 Å². The predicted molar refractivity (Wildman–Crippen MR) is 120 cm³/mol. The van der Waals surface area contributed by atoms with Crippen LogP contribution in [-0.2, 0) is 21.9 Å². The van der Waals surface area contributed by atoms with Crippen molar-refractivity contribution < 1.29 is 17.9 Å². The first-order valence-electron chi connectivity index (χ1n) is 9.26. The van der Waals surface area contributed by atoms with Crippen LogP contribution in [0.3, 0.4) is 0 Å². The Bertz CT molecular complexity index is 1190. The summed E-state index contributed by atoms with van der Waals surface area (Å²) in [4.78, 5) is 12.5. The molecule has 0 saturated heterocycles. The Morgan fingerprint density at radius 1 is 1.16 bits per heavy atom. The van der Waals surface area contributed by atoms with E-state index < -0.39 is 10.0 Å². The summed E-state index contributed by atoms with van der Waals surface area (Å²) in [6, 6.07) is 12.2. The Balaban J connectivity index is 1.67. The molecule has 2 N–H and O–H groups in total. The molecule has 0 saturated carbocycles. The van der Waals surface area contributed by atoms with Gasteiger partial charge in [-0.05, 0) is 55.9 Å². The number of aryl methyl sites for hydroxylation is 1. The number of sulfonamides is 1. The number of rotatable bonds is 8. The molecule has 164 valence electrons. The normalized spacial score (nSPS) is 11.4. The lowest BCUT2D eigenvalue weighted by Gasteiger charge is -2.10. The van der Waals surface area contributed by atoms with Crippen LogP contribution >= 0.6 is 11.8 Å². The third-order valence-corrected chi connectivity index (χ3v) is 7.12. The van der Waals surface area contributed by atoms with Gasteiger partial charge < -0.3 is 14.6 Å². The van der Waals surface area contributed by atoms with Gasteiger partial charge in [0, 0.05) is 18.3 Å². The molecule has 0 spiro atoms. The lowest BCUT2D eigenvalue weighted by atomic mass is 10.2. The van der Waals surface area contributed by atoms with Crippen LogP contribution in [0.4, 0.5) is 5.69 Å². The fourth-order valence-corrected chi connectivity index (χ4v) is 4.54. The highest BCUT2D eigenvalue weighted by atomic mass is 32.2. The van der Waals surface area contributed by atoms with Gasteiger partial charge in [0.15, 0.2) is 11.0 Å². The van der Waals surface area contributed by atoms with E-state index in [1.165, 1.54) is 24.9 Å². The molecule has 1 heterocycles. The van der Waals surface area contributed by atoms with E-state index in [1.54, 1.807) is 26.2 Å². The van der Waals surface area contributed by atoms with Crippen LogP contribution in [-0.4, -0.2) is 49.0 Å². The van der Waals surface area contributed by atoms with Gasteiger partial charge in [-0.1, -0.05) is 17.8 Å². The monoisotopic (exact) mass is 461 g/mol. The molecule has 9 nitrogen and oxygen atoms in total. The molecule has 11 heteroatoms. The van der Waals surface area contributed by atoms with Gasteiger partial charge >= 0.3 is 0 Å². The van der Waals surface area contributed by atoms with Crippen LogP contribution in [0.15, 0.2) is 52.5 Å². The van der Waals surface area contributed by atoms with Gasteiger partial charge in [0.25, 0.3) is 0 Å². The minimum Gasteiger partial charge on any atom is -0.497 e. The smallest absolute Gasteiger partial charge is 0.240 e. The van der Waals surface area contributed by atoms with Gasteiger partial charge in [0.1, 0.15) is 5.75 Å².